The van der Waals surface area contributed by atoms with Crippen molar-refractivity contribution in [3.63, 3.8) is 0 Å². The van der Waals surface area contributed by atoms with E-state index in [1.807, 2.05) is 37.3 Å². The fourth-order valence-corrected chi connectivity index (χ4v) is 4.57. The number of nitrogens with zero attached hydrogens (tertiary/aromatic N) is 3. The van der Waals surface area contributed by atoms with Gasteiger partial charge in [0, 0.05) is 23.4 Å². The Morgan fingerprint density at radius 2 is 2.04 bits per heavy atom. The van der Waals surface area contributed by atoms with E-state index < -0.39 is 5.91 Å². The second kappa shape index (κ2) is 7.57. The number of primary amides is 1. The maximum absolute atomic E-state index is 12.1. The van der Waals surface area contributed by atoms with Gasteiger partial charge in [0.15, 0.2) is 5.15 Å². The van der Waals surface area contributed by atoms with Crippen molar-refractivity contribution < 1.29 is 4.79 Å². The normalized spacial score (nSPS) is 12.3. The van der Waals surface area contributed by atoms with Gasteiger partial charge in [-0.3, -0.25) is 4.79 Å². The Bertz CT molecular complexity index is 915. The minimum Gasteiger partial charge on any atom is -0.365 e. The molecule has 0 fully saturated rings. The lowest BCUT2D eigenvalue weighted by Crippen LogP contribution is -2.20. The SMILES string of the molecule is Cc1sc(C(N)=O)c([C@@H](CN)Cc2ccccc2)c1-c1c(Cl)nnn1C. The van der Waals surface area contributed by atoms with Crippen LogP contribution >= 0.6 is 22.9 Å². The number of hydrogen-bond acceptors (Lipinski definition) is 5. The van der Waals surface area contributed by atoms with Crippen LogP contribution in [0.25, 0.3) is 11.3 Å². The van der Waals surface area contributed by atoms with E-state index in [-0.39, 0.29) is 5.92 Å². The molecule has 0 aliphatic heterocycles. The molecule has 2 heterocycles. The predicted octanol–water partition coefficient (Wildman–Crippen LogP) is 2.89. The Labute approximate surface area is 160 Å². The van der Waals surface area contributed by atoms with E-state index in [1.54, 1.807) is 11.7 Å². The summed E-state index contributed by atoms with van der Waals surface area (Å²) in [6.07, 6.45) is 0.698. The minimum atomic E-state index is -0.461. The molecule has 1 amide bonds. The zero-order valence-electron chi connectivity index (χ0n) is 14.6. The summed E-state index contributed by atoms with van der Waals surface area (Å²) in [5.74, 6) is -0.539. The predicted molar refractivity (Wildman–Crippen MR) is 105 cm³/mol. The van der Waals surface area contributed by atoms with Crippen molar-refractivity contribution >= 4 is 28.8 Å². The number of carbonyl (C=O) groups is 1. The molecule has 0 unspecified atom stereocenters. The van der Waals surface area contributed by atoms with Gasteiger partial charge in [0.2, 0.25) is 0 Å². The van der Waals surface area contributed by atoms with Gasteiger partial charge < -0.3 is 11.5 Å². The molecule has 3 rings (SSSR count). The number of amides is 1. The Hall–Kier alpha value is -2.22. The molecule has 8 heteroatoms. The number of aromatic nitrogens is 3. The molecule has 136 valence electrons. The van der Waals surface area contributed by atoms with Gasteiger partial charge in [0.25, 0.3) is 5.91 Å². The van der Waals surface area contributed by atoms with Crippen molar-refractivity contribution in [2.24, 2.45) is 18.5 Å². The molecular formula is C18H20ClN5OS. The molecule has 1 atom stereocenters. The van der Waals surface area contributed by atoms with Crippen LogP contribution < -0.4 is 11.5 Å². The zero-order chi connectivity index (χ0) is 18.8. The highest BCUT2D eigenvalue weighted by molar-refractivity contribution is 7.14. The van der Waals surface area contributed by atoms with Crippen molar-refractivity contribution in [3.05, 3.63) is 56.4 Å². The lowest BCUT2D eigenvalue weighted by molar-refractivity contribution is 0.100. The highest BCUT2D eigenvalue weighted by Crippen LogP contribution is 2.42. The monoisotopic (exact) mass is 389 g/mol. The number of aryl methyl sites for hydroxylation is 2. The first-order valence-corrected chi connectivity index (χ1v) is 9.36. The molecule has 3 aromatic rings. The van der Waals surface area contributed by atoms with E-state index in [2.05, 4.69) is 10.3 Å². The first-order chi connectivity index (χ1) is 12.4. The van der Waals surface area contributed by atoms with Crippen LogP contribution in [0.5, 0.6) is 0 Å². The Kier molecular flexibility index (Phi) is 5.41. The smallest absolute Gasteiger partial charge is 0.259 e. The molecule has 0 aliphatic rings. The van der Waals surface area contributed by atoms with E-state index in [9.17, 15) is 4.79 Å². The van der Waals surface area contributed by atoms with Crippen molar-refractivity contribution in [3.8, 4) is 11.3 Å². The van der Waals surface area contributed by atoms with Crippen LogP contribution in [0.2, 0.25) is 5.15 Å². The molecule has 4 N–H and O–H groups in total. The van der Waals surface area contributed by atoms with Crippen LogP contribution in [0.3, 0.4) is 0 Å². The van der Waals surface area contributed by atoms with Gasteiger partial charge in [0.1, 0.15) is 5.69 Å². The van der Waals surface area contributed by atoms with Gasteiger partial charge in [-0.25, -0.2) is 4.68 Å². The molecule has 1 aromatic carbocycles. The van der Waals surface area contributed by atoms with Crippen LogP contribution in [-0.4, -0.2) is 27.4 Å². The van der Waals surface area contributed by atoms with E-state index >= 15 is 0 Å². The van der Waals surface area contributed by atoms with Gasteiger partial charge >= 0.3 is 0 Å². The molecule has 26 heavy (non-hydrogen) atoms. The third kappa shape index (κ3) is 3.38. The maximum Gasteiger partial charge on any atom is 0.259 e. The number of nitrogens with two attached hydrogens (primary N) is 2. The number of benzene rings is 1. The second-order valence-electron chi connectivity index (χ2n) is 6.12. The summed E-state index contributed by atoms with van der Waals surface area (Å²) < 4.78 is 1.61. The summed E-state index contributed by atoms with van der Waals surface area (Å²) in [6.45, 7) is 2.32. The average Bonchev–Trinajstić information content (AvgIpc) is 3.13. The van der Waals surface area contributed by atoms with Gasteiger partial charge in [-0.2, -0.15) is 0 Å². The largest absolute Gasteiger partial charge is 0.365 e. The number of carbonyl (C=O) groups excluding carboxylic acids is 1. The Morgan fingerprint density at radius 1 is 1.35 bits per heavy atom. The molecule has 0 saturated carbocycles. The van der Waals surface area contributed by atoms with Gasteiger partial charge in [-0.05, 0) is 31.0 Å². The number of hydrogen-bond donors (Lipinski definition) is 2. The van der Waals surface area contributed by atoms with E-state index in [1.165, 1.54) is 11.3 Å². The molecule has 0 saturated heterocycles. The summed E-state index contributed by atoms with van der Waals surface area (Å²) in [5.41, 5.74) is 15.3. The molecule has 0 radical (unpaired) electrons. The number of rotatable bonds is 6. The Morgan fingerprint density at radius 3 is 2.58 bits per heavy atom. The summed E-state index contributed by atoms with van der Waals surface area (Å²) in [5, 5.41) is 8.22. The molecular weight excluding hydrogens is 370 g/mol. The van der Waals surface area contributed by atoms with Gasteiger partial charge in [-0.15, -0.1) is 16.4 Å². The third-order valence-corrected chi connectivity index (χ3v) is 5.78. The summed E-state index contributed by atoms with van der Waals surface area (Å²) >= 11 is 7.64. The fourth-order valence-electron chi connectivity index (χ4n) is 3.23. The fraction of sp³-hybridized carbons (Fsp3) is 0.278. The summed E-state index contributed by atoms with van der Waals surface area (Å²) in [7, 11) is 1.77. The van der Waals surface area contributed by atoms with Crippen LogP contribution in [0.4, 0.5) is 0 Å². The Balaban J connectivity index is 2.19. The highest BCUT2D eigenvalue weighted by atomic mass is 35.5. The third-order valence-electron chi connectivity index (χ3n) is 4.39. The molecule has 0 bridgehead atoms. The zero-order valence-corrected chi connectivity index (χ0v) is 16.1. The number of halogens is 1. The summed E-state index contributed by atoms with van der Waals surface area (Å²) in [4.78, 5) is 13.6. The van der Waals surface area contributed by atoms with E-state index in [4.69, 9.17) is 23.1 Å². The van der Waals surface area contributed by atoms with E-state index in [0.717, 1.165) is 21.6 Å². The van der Waals surface area contributed by atoms with E-state index in [0.29, 0.717) is 28.7 Å². The first kappa shape index (κ1) is 18.6. The maximum atomic E-state index is 12.1. The van der Waals surface area contributed by atoms with Crippen molar-refractivity contribution in [1.29, 1.82) is 0 Å². The lowest BCUT2D eigenvalue weighted by Gasteiger charge is -2.18. The van der Waals surface area contributed by atoms with Crippen molar-refractivity contribution in [1.82, 2.24) is 15.0 Å². The molecule has 2 aromatic heterocycles. The standard InChI is InChI=1S/C18H20ClN5OS/c1-10-13(15-17(19)22-23-24(15)2)14(16(26-10)18(21)25)12(9-20)8-11-6-4-3-5-7-11/h3-7,12H,8-9,20H2,1-2H3,(H2,21,25)/t12-/m1/s1. The van der Waals surface area contributed by atoms with Gasteiger partial charge in [-0.1, -0.05) is 47.1 Å². The lowest BCUT2D eigenvalue weighted by atomic mass is 9.88. The quantitative estimate of drug-likeness (QED) is 0.676. The van der Waals surface area contributed by atoms with Crippen LogP contribution in [0.15, 0.2) is 30.3 Å². The molecule has 0 spiro atoms. The minimum absolute atomic E-state index is 0.0779. The van der Waals surface area contributed by atoms with Crippen LogP contribution in [0.1, 0.15) is 31.6 Å². The molecule has 0 aliphatic carbocycles. The average molecular weight is 390 g/mol. The topological polar surface area (TPSA) is 99.8 Å². The first-order valence-electron chi connectivity index (χ1n) is 8.16. The number of thiophene rings is 1. The van der Waals surface area contributed by atoms with Gasteiger partial charge in [0.05, 0.1) is 4.88 Å². The van der Waals surface area contributed by atoms with Crippen LogP contribution in [0, 0.1) is 6.92 Å². The van der Waals surface area contributed by atoms with Crippen LogP contribution in [-0.2, 0) is 13.5 Å². The van der Waals surface area contributed by atoms with Crippen molar-refractivity contribution in [2.45, 2.75) is 19.3 Å². The second-order valence-corrected chi connectivity index (χ2v) is 7.70. The molecule has 6 nitrogen and oxygen atoms in total. The highest BCUT2D eigenvalue weighted by Gasteiger charge is 2.29. The van der Waals surface area contributed by atoms with Crippen molar-refractivity contribution in [2.75, 3.05) is 6.54 Å². The summed E-state index contributed by atoms with van der Waals surface area (Å²) in [6, 6.07) is 10.0.